The van der Waals surface area contributed by atoms with Gasteiger partial charge in [-0.3, -0.25) is 9.59 Å². The van der Waals surface area contributed by atoms with Crippen molar-refractivity contribution in [2.75, 3.05) is 38.1 Å². The molecule has 1 aliphatic rings. The number of aromatic nitrogens is 3. The van der Waals surface area contributed by atoms with E-state index in [2.05, 4.69) is 15.0 Å². The molecular weight excluding hydrogens is 573 g/mol. The van der Waals surface area contributed by atoms with Gasteiger partial charge in [0, 0.05) is 49.3 Å². The van der Waals surface area contributed by atoms with Crippen LogP contribution in [0.5, 0.6) is 0 Å². The molecule has 0 spiro atoms. The predicted octanol–water partition coefficient (Wildman–Crippen LogP) is 4.86. The first-order chi connectivity index (χ1) is 20.7. The number of rotatable bonds is 8. The number of fused-ring (bicyclic) bond motifs is 1. The highest BCUT2D eigenvalue weighted by atomic mass is 35.5. The van der Waals surface area contributed by atoms with Gasteiger partial charge in [-0.05, 0) is 48.0 Å². The van der Waals surface area contributed by atoms with Crippen molar-refractivity contribution in [1.82, 2.24) is 19.6 Å². The lowest BCUT2D eigenvalue weighted by molar-refractivity contribution is -0.136. The third-order valence-corrected chi connectivity index (χ3v) is 8.02. The topological polar surface area (TPSA) is 105 Å². The number of anilines is 1. The Hall–Kier alpha value is -4.54. The molecule has 43 heavy (non-hydrogen) atoms. The van der Waals surface area contributed by atoms with E-state index in [1.54, 1.807) is 42.6 Å². The molecule has 1 fully saturated rings. The third kappa shape index (κ3) is 6.16. The van der Waals surface area contributed by atoms with Crippen LogP contribution in [0.2, 0.25) is 5.02 Å². The molecule has 0 radical (unpaired) electrons. The van der Waals surface area contributed by atoms with Crippen molar-refractivity contribution in [2.24, 2.45) is 0 Å². The van der Waals surface area contributed by atoms with E-state index in [1.807, 2.05) is 34.7 Å². The molecule has 0 atom stereocenters. The summed E-state index contributed by atoms with van der Waals surface area (Å²) in [5.41, 5.74) is 3.11. The third-order valence-electron chi connectivity index (χ3n) is 7.77. The van der Waals surface area contributed by atoms with Gasteiger partial charge in [0.2, 0.25) is 17.1 Å². The van der Waals surface area contributed by atoms with Gasteiger partial charge in [-0.1, -0.05) is 53.2 Å². The highest BCUT2D eigenvalue weighted by Gasteiger charge is 2.22. The van der Waals surface area contributed by atoms with Crippen LogP contribution in [0.15, 0.2) is 76.2 Å². The molecule has 11 heteroatoms. The maximum absolute atomic E-state index is 15.6. The van der Waals surface area contributed by atoms with E-state index < -0.39 is 17.2 Å². The number of hydrogen-bond acceptors (Lipinski definition) is 7. The quantitative estimate of drug-likeness (QED) is 0.269. The largest absolute Gasteiger partial charge is 0.481 e. The number of carboxylic acid groups (broad SMARTS) is 1. The smallest absolute Gasteiger partial charge is 0.307 e. The molecule has 0 aliphatic carbocycles. The molecular formula is C32H29ClFN5O4. The van der Waals surface area contributed by atoms with Gasteiger partial charge in [-0.15, -0.1) is 0 Å². The molecule has 6 rings (SSSR count). The monoisotopic (exact) mass is 601 g/mol. The first-order valence-electron chi connectivity index (χ1n) is 13.9. The molecule has 220 valence electrons. The van der Waals surface area contributed by atoms with Crippen LogP contribution >= 0.6 is 11.6 Å². The van der Waals surface area contributed by atoms with E-state index in [9.17, 15) is 14.7 Å². The lowest BCUT2D eigenvalue weighted by Crippen LogP contribution is -2.44. The molecule has 9 nitrogen and oxygen atoms in total. The van der Waals surface area contributed by atoms with E-state index in [1.165, 1.54) is 6.07 Å². The van der Waals surface area contributed by atoms with Crippen LogP contribution in [0.25, 0.3) is 22.3 Å². The van der Waals surface area contributed by atoms with Crippen LogP contribution < -0.4 is 10.3 Å². The molecule has 0 saturated carbocycles. The summed E-state index contributed by atoms with van der Waals surface area (Å²) in [6, 6.07) is 17.6. The van der Waals surface area contributed by atoms with Crippen LogP contribution in [0.3, 0.4) is 0 Å². The fourth-order valence-corrected chi connectivity index (χ4v) is 5.56. The second kappa shape index (κ2) is 12.0. The van der Waals surface area contributed by atoms with Gasteiger partial charge >= 0.3 is 5.97 Å². The first-order valence-corrected chi connectivity index (χ1v) is 14.3. The number of carbonyl (C=O) groups is 1. The van der Waals surface area contributed by atoms with Crippen LogP contribution in [0.4, 0.5) is 10.1 Å². The Bertz CT molecular complexity index is 1860. The fourth-order valence-electron chi connectivity index (χ4n) is 5.43. The summed E-state index contributed by atoms with van der Waals surface area (Å²) in [4.78, 5) is 33.8. The summed E-state index contributed by atoms with van der Waals surface area (Å²) in [7, 11) is 2.04. The van der Waals surface area contributed by atoms with Gasteiger partial charge in [-0.2, -0.15) is 4.98 Å². The highest BCUT2D eigenvalue weighted by molar-refractivity contribution is 6.30. The van der Waals surface area contributed by atoms with Crippen molar-refractivity contribution >= 4 is 34.2 Å². The molecule has 1 N–H and O–H groups in total. The molecule has 0 bridgehead atoms. The Morgan fingerprint density at radius 3 is 2.49 bits per heavy atom. The van der Waals surface area contributed by atoms with Crippen molar-refractivity contribution in [3.8, 4) is 11.4 Å². The van der Waals surface area contributed by atoms with Crippen LogP contribution in [0.1, 0.15) is 22.6 Å². The number of likely N-dealkylation sites (N-methyl/N-ethyl adjacent to an activating group) is 1. The summed E-state index contributed by atoms with van der Waals surface area (Å²) in [6.45, 7) is 3.38. The number of aliphatic carboxylic acids is 1. The minimum atomic E-state index is -0.945. The number of carboxylic acids is 1. The van der Waals surface area contributed by atoms with Gasteiger partial charge < -0.3 is 24.0 Å². The van der Waals surface area contributed by atoms with Crippen LogP contribution in [-0.2, 0) is 24.2 Å². The van der Waals surface area contributed by atoms with Gasteiger partial charge in [-0.25, -0.2) is 4.39 Å². The molecule has 0 unspecified atom stereocenters. The molecule has 5 aromatic rings. The van der Waals surface area contributed by atoms with E-state index in [0.29, 0.717) is 41.4 Å². The molecule has 1 aliphatic heterocycles. The average Bonchev–Trinajstić information content (AvgIpc) is 3.45. The Labute approximate surface area is 251 Å². The molecule has 3 aromatic carbocycles. The Morgan fingerprint density at radius 2 is 1.77 bits per heavy atom. The van der Waals surface area contributed by atoms with Gasteiger partial charge in [0.05, 0.1) is 29.6 Å². The number of hydrogen-bond donors (Lipinski definition) is 1. The summed E-state index contributed by atoms with van der Waals surface area (Å²) >= 11 is 6.11. The number of halogens is 2. The zero-order chi connectivity index (χ0) is 30.1. The van der Waals surface area contributed by atoms with Gasteiger partial charge in [0.15, 0.2) is 0 Å². The number of pyridine rings is 1. The SMILES string of the molecule is CN1CCN(c2cc3c(cc2F)c(=O)c(-c2noc(Cc4ccccc4CC(=O)O)n2)cn3Cc2ccc(Cl)cc2)CC1. The summed E-state index contributed by atoms with van der Waals surface area (Å²) < 4.78 is 23.0. The van der Waals surface area contributed by atoms with Gasteiger partial charge in [0.25, 0.3) is 0 Å². The van der Waals surface area contributed by atoms with Crippen molar-refractivity contribution in [3.63, 3.8) is 0 Å². The molecule has 1 saturated heterocycles. The maximum Gasteiger partial charge on any atom is 0.307 e. The minimum Gasteiger partial charge on any atom is -0.481 e. The van der Waals surface area contributed by atoms with Gasteiger partial charge in [0.1, 0.15) is 5.82 Å². The Morgan fingerprint density at radius 1 is 1.05 bits per heavy atom. The normalized spacial score (nSPS) is 14.0. The van der Waals surface area contributed by atoms with Crippen molar-refractivity contribution < 1.29 is 18.8 Å². The summed E-state index contributed by atoms with van der Waals surface area (Å²) in [6.07, 6.45) is 1.74. The number of nitrogens with zero attached hydrogens (tertiary/aromatic N) is 5. The van der Waals surface area contributed by atoms with Crippen molar-refractivity contribution in [3.05, 3.63) is 111 Å². The predicted molar refractivity (Wildman–Crippen MR) is 162 cm³/mol. The first kappa shape index (κ1) is 28.6. The minimum absolute atomic E-state index is 0.0750. The van der Waals surface area contributed by atoms with E-state index in [0.717, 1.165) is 24.2 Å². The average molecular weight is 602 g/mol. The lowest BCUT2D eigenvalue weighted by Gasteiger charge is -2.34. The standard InChI is InChI=1S/C32H29ClFN5O4/c1-37-10-12-38(13-11-37)28-17-27-24(16-26(28)34)31(42)25(19-39(27)18-20-6-8-23(33)9-7-20)32-35-29(43-36-32)14-21-4-2-3-5-22(21)15-30(40)41/h2-9,16-17,19H,10-15,18H2,1H3,(H,40,41). The Kier molecular flexibility index (Phi) is 7.96. The second-order valence-corrected chi connectivity index (χ2v) is 11.2. The maximum atomic E-state index is 15.6. The van der Waals surface area contributed by atoms with Crippen LogP contribution in [-0.4, -0.2) is 63.9 Å². The fraction of sp³-hybridized carbons (Fsp3) is 0.250. The van der Waals surface area contributed by atoms with E-state index in [-0.39, 0.29) is 35.5 Å². The van der Waals surface area contributed by atoms with Crippen molar-refractivity contribution in [2.45, 2.75) is 19.4 Å². The molecule has 0 amide bonds. The molecule has 2 aromatic heterocycles. The van der Waals surface area contributed by atoms with E-state index in [4.69, 9.17) is 16.1 Å². The zero-order valence-electron chi connectivity index (χ0n) is 23.5. The summed E-state index contributed by atoms with van der Waals surface area (Å²) in [5, 5.41) is 14.2. The van der Waals surface area contributed by atoms with Crippen LogP contribution in [0, 0.1) is 5.82 Å². The number of benzene rings is 3. The van der Waals surface area contributed by atoms with Crippen molar-refractivity contribution in [1.29, 1.82) is 0 Å². The second-order valence-electron chi connectivity index (χ2n) is 10.8. The van der Waals surface area contributed by atoms with E-state index >= 15 is 4.39 Å². The molecule has 3 heterocycles. The zero-order valence-corrected chi connectivity index (χ0v) is 24.2. The highest BCUT2D eigenvalue weighted by Crippen LogP contribution is 2.28. The summed E-state index contributed by atoms with van der Waals surface area (Å²) in [5.74, 6) is -1.11. The lowest BCUT2D eigenvalue weighted by atomic mass is 10.0. The number of piperazine rings is 1. The Balaban J connectivity index is 1.42.